The number of carbonyl (C=O) groups excluding carboxylic acids is 1. The van der Waals surface area contributed by atoms with Gasteiger partial charge in [0.2, 0.25) is 0 Å². The van der Waals surface area contributed by atoms with Crippen molar-refractivity contribution in [2.24, 2.45) is 0 Å². The van der Waals surface area contributed by atoms with Crippen LogP contribution in [0.3, 0.4) is 0 Å². The molecule has 1 N–H and O–H groups in total. The maximum atomic E-state index is 11.8. The smallest absolute Gasteiger partial charge is 0.320 e. The molecule has 0 atom stereocenters. The van der Waals surface area contributed by atoms with Crippen LogP contribution in [-0.2, 0) is 14.9 Å². The minimum absolute atomic E-state index is 0.224. The Morgan fingerprint density at radius 3 is 2.43 bits per heavy atom. The van der Waals surface area contributed by atoms with E-state index in [1.807, 2.05) is 51.1 Å². The molecule has 4 heteroatoms. The molecule has 2 rings (SSSR count). The van der Waals surface area contributed by atoms with Crippen LogP contribution in [0.25, 0.3) is 0 Å². The lowest BCUT2D eigenvalue weighted by Gasteiger charge is -2.35. The molecule has 0 bridgehead atoms. The number of nitriles is 1. The first-order valence-corrected chi connectivity index (χ1v) is 8.27. The van der Waals surface area contributed by atoms with Crippen LogP contribution in [0.15, 0.2) is 30.3 Å². The van der Waals surface area contributed by atoms with Crippen LogP contribution in [-0.4, -0.2) is 24.2 Å². The van der Waals surface area contributed by atoms with E-state index in [2.05, 4.69) is 11.4 Å². The second kappa shape index (κ2) is 7.14. The number of hydrogen-bond donors (Lipinski definition) is 1. The molecule has 0 spiro atoms. The number of benzene rings is 1. The van der Waals surface area contributed by atoms with E-state index < -0.39 is 5.60 Å². The van der Waals surface area contributed by atoms with Crippen LogP contribution in [0.1, 0.15) is 52.0 Å². The Bertz CT molecular complexity index is 561. The van der Waals surface area contributed by atoms with Crippen molar-refractivity contribution in [2.75, 3.05) is 6.54 Å². The van der Waals surface area contributed by atoms with E-state index >= 15 is 0 Å². The van der Waals surface area contributed by atoms with E-state index in [1.54, 1.807) is 0 Å². The van der Waals surface area contributed by atoms with Crippen molar-refractivity contribution in [3.8, 4) is 6.07 Å². The fraction of sp³-hybridized carbons (Fsp3) is 0.579. The van der Waals surface area contributed by atoms with Crippen LogP contribution in [0.5, 0.6) is 0 Å². The largest absolute Gasteiger partial charge is 0.459 e. The average Bonchev–Trinajstić information content (AvgIpc) is 2.53. The summed E-state index contributed by atoms with van der Waals surface area (Å²) in [5.74, 6) is -0.224. The predicted octanol–water partition coefficient (Wildman–Crippen LogP) is 3.32. The lowest BCUT2D eigenvalue weighted by Crippen LogP contribution is -2.42. The zero-order valence-electron chi connectivity index (χ0n) is 14.3. The first-order chi connectivity index (χ1) is 10.8. The second-order valence-electron chi connectivity index (χ2n) is 7.30. The van der Waals surface area contributed by atoms with Crippen LogP contribution in [0.2, 0.25) is 0 Å². The maximum Gasteiger partial charge on any atom is 0.320 e. The third kappa shape index (κ3) is 4.80. The molecule has 1 aliphatic rings. The number of hydrogen-bond acceptors (Lipinski definition) is 4. The van der Waals surface area contributed by atoms with Crippen molar-refractivity contribution in [3.05, 3.63) is 35.9 Å². The van der Waals surface area contributed by atoms with Gasteiger partial charge in [-0.15, -0.1) is 0 Å². The van der Waals surface area contributed by atoms with Gasteiger partial charge in [-0.25, -0.2) is 0 Å². The molecule has 0 amide bonds. The van der Waals surface area contributed by atoms with E-state index in [-0.39, 0.29) is 24.0 Å². The van der Waals surface area contributed by atoms with Gasteiger partial charge in [0.05, 0.1) is 18.0 Å². The molecule has 0 heterocycles. The standard InChI is InChI=1S/C19H26N2O2/c1-18(2,3)23-17(22)13-21-16-9-11-19(14-20,12-10-16)15-7-5-4-6-8-15/h4-8,16,21H,9-13H2,1-3H3. The van der Waals surface area contributed by atoms with Gasteiger partial charge in [0.1, 0.15) is 5.60 Å². The van der Waals surface area contributed by atoms with Crippen LogP contribution >= 0.6 is 0 Å². The van der Waals surface area contributed by atoms with E-state index in [9.17, 15) is 10.1 Å². The molecule has 1 saturated carbocycles. The number of ether oxygens (including phenoxy) is 1. The average molecular weight is 314 g/mol. The van der Waals surface area contributed by atoms with Gasteiger partial charge in [0.15, 0.2) is 0 Å². The number of rotatable bonds is 4. The predicted molar refractivity (Wildman–Crippen MR) is 89.8 cm³/mol. The number of nitrogens with zero attached hydrogens (tertiary/aromatic N) is 1. The summed E-state index contributed by atoms with van der Waals surface area (Å²) in [6.07, 6.45) is 3.43. The molecule has 1 fully saturated rings. The van der Waals surface area contributed by atoms with Gasteiger partial charge in [-0.3, -0.25) is 4.79 Å². The quantitative estimate of drug-likeness (QED) is 0.866. The van der Waals surface area contributed by atoms with Gasteiger partial charge in [-0.2, -0.15) is 5.26 Å². The summed E-state index contributed by atoms with van der Waals surface area (Å²) in [6.45, 7) is 5.83. The Balaban J connectivity index is 1.86. The molecule has 1 aromatic rings. The molecular formula is C19H26N2O2. The summed E-state index contributed by atoms with van der Waals surface area (Å²) in [4.78, 5) is 11.8. The van der Waals surface area contributed by atoms with E-state index in [0.29, 0.717) is 0 Å². The third-order valence-electron chi connectivity index (χ3n) is 4.33. The van der Waals surface area contributed by atoms with Crippen molar-refractivity contribution in [3.63, 3.8) is 0 Å². The van der Waals surface area contributed by atoms with E-state index in [1.165, 1.54) is 0 Å². The summed E-state index contributed by atoms with van der Waals surface area (Å²) in [7, 11) is 0. The second-order valence-corrected chi connectivity index (χ2v) is 7.30. The minimum atomic E-state index is -0.450. The molecule has 0 saturated heterocycles. The van der Waals surface area contributed by atoms with E-state index in [4.69, 9.17) is 4.74 Å². The maximum absolute atomic E-state index is 11.8. The van der Waals surface area contributed by atoms with Crippen molar-refractivity contribution in [2.45, 2.75) is 63.5 Å². The Hall–Kier alpha value is -1.86. The number of carbonyl (C=O) groups is 1. The van der Waals surface area contributed by atoms with Crippen LogP contribution in [0, 0.1) is 11.3 Å². The highest BCUT2D eigenvalue weighted by Gasteiger charge is 2.37. The van der Waals surface area contributed by atoms with Gasteiger partial charge in [0.25, 0.3) is 0 Å². The van der Waals surface area contributed by atoms with Gasteiger partial charge in [-0.05, 0) is 52.0 Å². The lowest BCUT2D eigenvalue weighted by atomic mass is 9.69. The molecule has 0 aliphatic heterocycles. The highest BCUT2D eigenvalue weighted by atomic mass is 16.6. The fourth-order valence-corrected chi connectivity index (χ4v) is 3.14. The molecule has 23 heavy (non-hydrogen) atoms. The van der Waals surface area contributed by atoms with Gasteiger partial charge < -0.3 is 10.1 Å². The first-order valence-electron chi connectivity index (χ1n) is 8.27. The molecule has 1 aromatic carbocycles. The fourth-order valence-electron chi connectivity index (χ4n) is 3.14. The molecular weight excluding hydrogens is 288 g/mol. The van der Waals surface area contributed by atoms with Gasteiger partial charge >= 0.3 is 5.97 Å². The summed E-state index contributed by atoms with van der Waals surface area (Å²) in [5.41, 5.74) is 0.271. The topological polar surface area (TPSA) is 62.1 Å². The highest BCUT2D eigenvalue weighted by molar-refractivity contribution is 5.72. The normalized spacial score (nSPS) is 24.7. The highest BCUT2D eigenvalue weighted by Crippen LogP contribution is 2.38. The first kappa shape index (κ1) is 17.5. The van der Waals surface area contributed by atoms with Crippen molar-refractivity contribution >= 4 is 5.97 Å². The Labute approximate surface area is 138 Å². The molecule has 0 unspecified atom stereocenters. The van der Waals surface area contributed by atoms with Crippen LogP contribution in [0.4, 0.5) is 0 Å². The van der Waals surface area contributed by atoms with Crippen molar-refractivity contribution in [1.82, 2.24) is 5.32 Å². The SMILES string of the molecule is CC(C)(C)OC(=O)CNC1CCC(C#N)(c2ccccc2)CC1. The van der Waals surface area contributed by atoms with E-state index in [0.717, 1.165) is 31.2 Å². The summed E-state index contributed by atoms with van der Waals surface area (Å²) in [6, 6.07) is 12.8. The Kier molecular flexibility index (Phi) is 5.43. The number of nitrogens with one attached hydrogen (secondary N) is 1. The molecule has 1 aliphatic carbocycles. The Morgan fingerprint density at radius 2 is 1.91 bits per heavy atom. The van der Waals surface area contributed by atoms with Crippen molar-refractivity contribution in [1.29, 1.82) is 5.26 Å². The third-order valence-corrected chi connectivity index (χ3v) is 4.33. The van der Waals surface area contributed by atoms with Crippen LogP contribution < -0.4 is 5.32 Å². The molecule has 4 nitrogen and oxygen atoms in total. The molecule has 124 valence electrons. The zero-order valence-corrected chi connectivity index (χ0v) is 14.3. The molecule has 0 aromatic heterocycles. The lowest BCUT2D eigenvalue weighted by molar-refractivity contribution is -0.153. The molecule has 0 radical (unpaired) electrons. The monoisotopic (exact) mass is 314 g/mol. The van der Waals surface area contributed by atoms with Gasteiger partial charge in [-0.1, -0.05) is 30.3 Å². The summed E-state index contributed by atoms with van der Waals surface area (Å²) < 4.78 is 5.31. The number of esters is 1. The summed E-state index contributed by atoms with van der Waals surface area (Å²) in [5, 5.41) is 13.0. The Morgan fingerprint density at radius 1 is 1.30 bits per heavy atom. The zero-order chi connectivity index (χ0) is 16.9. The minimum Gasteiger partial charge on any atom is -0.459 e. The van der Waals surface area contributed by atoms with Gasteiger partial charge in [0, 0.05) is 6.04 Å². The van der Waals surface area contributed by atoms with Crippen molar-refractivity contribution < 1.29 is 9.53 Å². The summed E-state index contributed by atoms with van der Waals surface area (Å²) >= 11 is 0.